The highest BCUT2D eigenvalue weighted by Gasteiger charge is 2.34. The Balaban J connectivity index is 2.84. The fourth-order valence-corrected chi connectivity index (χ4v) is 2.64. The van der Waals surface area contributed by atoms with Crippen LogP contribution in [0, 0.1) is 5.41 Å². The molecule has 0 aliphatic heterocycles. The van der Waals surface area contributed by atoms with Crippen LogP contribution in [-0.2, 0) is 16.0 Å². The standard InChI is InChI=1S/C19H32N4O3/c1-19(2,3)16(23-18(25)26-4)17(24)22-15(10-11-21-13-20)12-14-8-6-5-7-9-14/h5-9,15-16,21H,10-13,20H2,1-4H3,(H,22,24)(H,23,25)/t15-,16-/m1/s1. The molecule has 2 atom stereocenters. The lowest BCUT2D eigenvalue weighted by molar-refractivity contribution is -0.126. The number of nitrogens with two attached hydrogens (primary N) is 1. The molecule has 0 spiro atoms. The number of methoxy groups -OCH3 is 1. The first-order chi connectivity index (χ1) is 12.3. The highest BCUT2D eigenvalue weighted by Crippen LogP contribution is 2.20. The van der Waals surface area contributed by atoms with E-state index in [9.17, 15) is 9.59 Å². The number of nitrogens with one attached hydrogen (secondary N) is 3. The highest BCUT2D eigenvalue weighted by molar-refractivity contribution is 5.86. The molecule has 7 nitrogen and oxygen atoms in total. The molecule has 0 fully saturated rings. The highest BCUT2D eigenvalue weighted by atomic mass is 16.5. The third-order valence-electron chi connectivity index (χ3n) is 4.06. The third kappa shape index (κ3) is 7.84. The molecule has 26 heavy (non-hydrogen) atoms. The molecular formula is C19H32N4O3. The predicted octanol–water partition coefficient (Wildman–Crippen LogP) is 1.38. The van der Waals surface area contributed by atoms with Crippen molar-refractivity contribution in [3.05, 3.63) is 35.9 Å². The summed E-state index contributed by atoms with van der Waals surface area (Å²) in [5.41, 5.74) is 6.17. The van der Waals surface area contributed by atoms with E-state index in [1.54, 1.807) is 0 Å². The Labute approximate surface area is 156 Å². The third-order valence-corrected chi connectivity index (χ3v) is 4.06. The Kier molecular flexibility index (Phi) is 9.09. The fraction of sp³-hybridized carbons (Fsp3) is 0.579. The molecule has 1 aromatic carbocycles. The number of amides is 2. The molecule has 0 aliphatic rings. The van der Waals surface area contributed by atoms with Crippen molar-refractivity contribution in [1.82, 2.24) is 16.0 Å². The molecule has 0 unspecified atom stereocenters. The topological polar surface area (TPSA) is 105 Å². The molecular weight excluding hydrogens is 332 g/mol. The van der Waals surface area contributed by atoms with Gasteiger partial charge in [0.1, 0.15) is 6.04 Å². The van der Waals surface area contributed by atoms with E-state index >= 15 is 0 Å². The van der Waals surface area contributed by atoms with Gasteiger partial charge in [0.05, 0.1) is 7.11 Å². The quantitative estimate of drug-likeness (QED) is 0.391. The van der Waals surface area contributed by atoms with Gasteiger partial charge in [-0.15, -0.1) is 0 Å². The number of hydrogen-bond donors (Lipinski definition) is 4. The zero-order chi connectivity index (χ0) is 19.6. The monoisotopic (exact) mass is 364 g/mol. The van der Waals surface area contributed by atoms with Crippen molar-refractivity contribution in [1.29, 1.82) is 0 Å². The van der Waals surface area contributed by atoms with Gasteiger partial charge in [-0.3, -0.25) is 4.79 Å². The molecule has 0 bridgehead atoms. The van der Waals surface area contributed by atoms with E-state index in [-0.39, 0.29) is 11.9 Å². The summed E-state index contributed by atoms with van der Waals surface area (Å²) in [6.07, 6.45) is 0.811. The van der Waals surface area contributed by atoms with Crippen molar-refractivity contribution in [2.75, 3.05) is 20.3 Å². The summed E-state index contributed by atoms with van der Waals surface area (Å²) < 4.78 is 4.65. The molecule has 0 heterocycles. The van der Waals surface area contributed by atoms with Crippen molar-refractivity contribution in [3.8, 4) is 0 Å². The number of ether oxygens (including phenoxy) is 1. The molecule has 7 heteroatoms. The minimum absolute atomic E-state index is 0.0757. The van der Waals surface area contributed by atoms with Gasteiger partial charge in [0, 0.05) is 12.7 Å². The SMILES string of the molecule is COC(=O)N[C@H](C(=O)N[C@H](CCNCN)Cc1ccccc1)C(C)(C)C. The predicted molar refractivity (Wildman–Crippen MR) is 103 cm³/mol. The van der Waals surface area contributed by atoms with E-state index in [0.717, 1.165) is 12.0 Å². The van der Waals surface area contributed by atoms with Crippen molar-refractivity contribution in [2.24, 2.45) is 11.1 Å². The number of carbonyl (C=O) groups excluding carboxylic acids is 2. The molecule has 1 rings (SSSR count). The van der Waals surface area contributed by atoms with E-state index in [1.165, 1.54) is 7.11 Å². The van der Waals surface area contributed by atoms with Crippen LogP contribution in [0.5, 0.6) is 0 Å². The van der Waals surface area contributed by atoms with Crippen LogP contribution in [0.3, 0.4) is 0 Å². The van der Waals surface area contributed by atoms with Gasteiger partial charge in [0.2, 0.25) is 5.91 Å². The second-order valence-electron chi connectivity index (χ2n) is 7.32. The molecule has 2 amide bonds. The van der Waals surface area contributed by atoms with E-state index < -0.39 is 17.6 Å². The smallest absolute Gasteiger partial charge is 0.407 e. The number of hydrogen-bond acceptors (Lipinski definition) is 5. The van der Waals surface area contributed by atoms with E-state index in [0.29, 0.717) is 19.6 Å². The average molecular weight is 364 g/mol. The first-order valence-electron chi connectivity index (χ1n) is 8.87. The molecule has 0 radical (unpaired) electrons. The van der Waals surface area contributed by atoms with Crippen LogP contribution in [0.15, 0.2) is 30.3 Å². The van der Waals surface area contributed by atoms with Gasteiger partial charge in [0.15, 0.2) is 0 Å². The summed E-state index contributed by atoms with van der Waals surface area (Å²) in [6, 6.07) is 9.20. The van der Waals surface area contributed by atoms with Gasteiger partial charge in [-0.25, -0.2) is 4.79 Å². The minimum atomic E-state index is -0.698. The van der Waals surface area contributed by atoms with Crippen molar-refractivity contribution < 1.29 is 14.3 Å². The van der Waals surface area contributed by atoms with E-state index in [2.05, 4.69) is 20.7 Å². The lowest BCUT2D eigenvalue weighted by atomic mass is 9.86. The Morgan fingerprint density at radius 2 is 1.81 bits per heavy atom. The summed E-state index contributed by atoms with van der Waals surface area (Å²) in [4.78, 5) is 24.5. The molecule has 0 saturated heterocycles. The lowest BCUT2D eigenvalue weighted by Crippen LogP contribution is -2.56. The van der Waals surface area contributed by atoms with Crippen LogP contribution >= 0.6 is 0 Å². The van der Waals surface area contributed by atoms with Crippen molar-refractivity contribution in [3.63, 3.8) is 0 Å². The normalized spacial score (nSPS) is 13.6. The molecule has 0 aromatic heterocycles. The maximum absolute atomic E-state index is 12.8. The van der Waals surface area contributed by atoms with Gasteiger partial charge < -0.3 is 26.4 Å². The summed E-state index contributed by atoms with van der Waals surface area (Å²) >= 11 is 0. The van der Waals surface area contributed by atoms with E-state index in [4.69, 9.17) is 5.73 Å². The van der Waals surface area contributed by atoms with Crippen molar-refractivity contribution in [2.45, 2.75) is 45.7 Å². The van der Waals surface area contributed by atoms with Gasteiger partial charge in [-0.05, 0) is 30.4 Å². The Morgan fingerprint density at radius 1 is 1.15 bits per heavy atom. The van der Waals surface area contributed by atoms with Crippen LogP contribution in [-0.4, -0.2) is 44.4 Å². The van der Waals surface area contributed by atoms with Crippen molar-refractivity contribution >= 4 is 12.0 Å². The first kappa shape index (κ1) is 21.9. The fourth-order valence-electron chi connectivity index (χ4n) is 2.64. The first-order valence-corrected chi connectivity index (χ1v) is 8.87. The zero-order valence-corrected chi connectivity index (χ0v) is 16.2. The Morgan fingerprint density at radius 3 is 2.35 bits per heavy atom. The second-order valence-corrected chi connectivity index (χ2v) is 7.32. The maximum atomic E-state index is 12.8. The molecule has 1 aromatic rings. The summed E-state index contributed by atoms with van der Waals surface area (Å²) in [5, 5.41) is 8.78. The lowest BCUT2D eigenvalue weighted by Gasteiger charge is -2.31. The van der Waals surface area contributed by atoms with Gasteiger partial charge in [-0.2, -0.15) is 0 Å². The molecule has 0 aliphatic carbocycles. The van der Waals surface area contributed by atoms with Crippen LogP contribution in [0.1, 0.15) is 32.8 Å². The maximum Gasteiger partial charge on any atom is 0.407 e. The Hall–Kier alpha value is -2.12. The molecule has 146 valence electrons. The van der Waals surface area contributed by atoms with Crippen LogP contribution in [0.4, 0.5) is 4.79 Å². The van der Waals surface area contributed by atoms with E-state index in [1.807, 2.05) is 51.1 Å². The molecule has 5 N–H and O–H groups in total. The second kappa shape index (κ2) is 10.8. The van der Waals surface area contributed by atoms with Crippen LogP contribution in [0.2, 0.25) is 0 Å². The largest absolute Gasteiger partial charge is 0.453 e. The number of alkyl carbamates (subject to hydrolysis) is 1. The number of carbonyl (C=O) groups is 2. The van der Waals surface area contributed by atoms with Gasteiger partial charge in [0.25, 0.3) is 0 Å². The number of rotatable bonds is 9. The van der Waals surface area contributed by atoms with Crippen LogP contribution in [0.25, 0.3) is 0 Å². The summed E-state index contributed by atoms with van der Waals surface area (Å²) in [6.45, 7) is 6.78. The van der Waals surface area contributed by atoms with Crippen LogP contribution < -0.4 is 21.7 Å². The van der Waals surface area contributed by atoms with Gasteiger partial charge >= 0.3 is 6.09 Å². The number of benzene rings is 1. The van der Waals surface area contributed by atoms with Gasteiger partial charge in [-0.1, -0.05) is 51.1 Å². The Bertz CT molecular complexity index is 558. The summed E-state index contributed by atoms with van der Waals surface area (Å²) in [5.74, 6) is -0.225. The minimum Gasteiger partial charge on any atom is -0.453 e. The summed E-state index contributed by atoms with van der Waals surface area (Å²) in [7, 11) is 1.28. The zero-order valence-electron chi connectivity index (χ0n) is 16.2. The average Bonchev–Trinajstić information content (AvgIpc) is 2.59. The molecule has 0 saturated carbocycles.